The van der Waals surface area contributed by atoms with Gasteiger partial charge in [0.15, 0.2) is 11.6 Å². The SMILES string of the molecule is CN(C)CCNC(=O)c1cccc2[nH]c(-c3ccco3)nc12. The van der Waals surface area contributed by atoms with E-state index in [0.29, 0.717) is 29.2 Å². The largest absolute Gasteiger partial charge is 0.461 e. The number of carbonyl (C=O) groups excluding carboxylic acids is 1. The molecule has 0 atom stereocenters. The van der Waals surface area contributed by atoms with Crippen LogP contribution in [0, 0.1) is 0 Å². The van der Waals surface area contributed by atoms with Crippen molar-refractivity contribution < 1.29 is 9.21 Å². The second-order valence-electron chi connectivity index (χ2n) is 5.32. The number of furan rings is 1. The summed E-state index contributed by atoms with van der Waals surface area (Å²) in [6.07, 6.45) is 1.59. The van der Waals surface area contributed by atoms with Gasteiger partial charge in [-0.1, -0.05) is 6.07 Å². The van der Waals surface area contributed by atoms with Crippen LogP contribution in [-0.2, 0) is 0 Å². The van der Waals surface area contributed by atoms with Crippen LogP contribution in [0.2, 0.25) is 0 Å². The second-order valence-corrected chi connectivity index (χ2v) is 5.32. The molecule has 0 saturated heterocycles. The van der Waals surface area contributed by atoms with E-state index in [1.54, 1.807) is 18.4 Å². The third-order valence-electron chi connectivity index (χ3n) is 3.36. The van der Waals surface area contributed by atoms with E-state index >= 15 is 0 Å². The van der Waals surface area contributed by atoms with Gasteiger partial charge in [-0.3, -0.25) is 4.79 Å². The van der Waals surface area contributed by atoms with Gasteiger partial charge in [0.2, 0.25) is 0 Å². The van der Waals surface area contributed by atoms with E-state index in [4.69, 9.17) is 4.42 Å². The fraction of sp³-hybridized carbons (Fsp3) is 0.250. The molecule has 0 unspecified atom stereocenters. The number of carbonyl (C=O) groups is 1. The molecule has 0 radical (unpaired) electrons. The minimum absolute atomic E-state index is 0.120. The summed E-state index contributed by atoms with van der Waals surface area (Å²) in [4.78, 5) is 22.0. The molecular formula is C16H18N4O2. The number of aromatic amines is 1. The van der Waals surface area contributed by atoms with E-state index in [9.17, 15) is 4.79 Å². The molecule has 22 heavy (non-hydrogen) atoms. The second kappa shape index (κ2) is 6.03. The molecule has 3 aromatic rings. The molecule has 3 rings (SSSR count). The van der Waals surface area contributed by atoms with E-state index in [0.717, 1.165) is 12.1 Å². The Morgan fingerprint density at radius 3 is 2.91 bits per heavy atom. The van der Waals surface area contributed by atoms with Crippen molar-refractivity contribution in [2.75, 3.05) is 27.2 Å². The van der Waals surface area contributed by atoms with Crippen LogP contribution in [0.3, 0.4) is 0 Å². The third-order valence-corrected chi connectivity index (χ3v) is 3.36. The van der Waals surface area contributed by atoms with Crippen LogP contribution < -0.4 is 5.32 Å². The van der Waals surface area contributed by atoms with Crippen LogP contribution in [0.15, 0.2) is 41.0 Å². The summed E-state index contributed by atoms with van der Waals surface area (Å²) in [6, 6.07) is 9.14. The first kappa shape index (κ1) is 14.3. The Morgan fingerprint density at radius 2 is 2.18 bits per heavy atom. The zero-order chi connectivity index (χ0) is 15.5. The number of hydrogen-bond acceptors (Lipinski definition) is 4. The van der Waals surface area contributed by atoms with Crippen molar-refractivity contribution in [3.8, 4) is 11.6 Å². The summed E-state index contributed by atoms with van der Waals surface area (Å²) in [5.41, 5.74) is 2.02. The van der Waals surface area contributed by atoms with Crippen molar-refractivity contribution in [1.29, 1.82) is 0 Å². The van der Waals surface area contributed by atoms with Gasteiger partial charge in [0.25, 0.3) is 5.91 Å². The number of para-hydroxylation sites is 1. The lowest BCUT2D eigenvalue weighted by molar-refractivity contribution is 0.0952. The fourth-order valence-corrected chi connectivity index (χ4v) is 2.23. The topological polar surface area (TPSA) is 74.2 Å². The standard InChI is InChI=1S/C16H18N4O2/c1-20(2)9-8-17-16(21)11-5-3-6-12-14(11)19-15(18-12)13-7-4-10-22-13/h3-7,10H,8-9H2,1-2H3,(H,17,21)(H,18,19). The molecule has 6 heteroatoms. The number of hydrogen-bond donors (Lipinski definition) is 2. The first-order chi connectivity index (χ1) is 10.6. The Balaban J connectivity index is 1.88. The maximum atomic E-state index is 12.3. The van der Waals surface area contributed by atoms with Gasteiger partial charge in [-0.2, -0.15) is 0 Å². The Bertz CT molecular complexity index is 775. The average molecular weight is 298 g/mol. The molecule has 0 saturated carbocycles. The molecule has 114 valence electrons. The molecule has 2 N–H and O–H groups in total. The quantitative estimate of drug-likeness (QED) is 0.756. The zero-order valence-corrected chi connectivity index (χ0v) is 12.6. The highest BCUT2D eigenvalue weighted by atomic mass is 16.3. The van der Waals surface area contributed by atoms with Crippen LogP contribution >= 0.6 is 0 Å². The minimum Gasteiger partial charge on any atom is -0.461 e. The molecule has 0 aliphatic carbocycles. The van der Waals surface area contributed by atoms with E-state index in [1.165, 1.54) is 0 Å². The lowest BCUT2D eigenvalue weighted by Crippen LogP contribution is -2.31. The Kier molecular flexibility index (Phi) is 3.93. The maximum Gasteiger partial charge on any atom is 0.253 e. The lowest BCUT2D eigenvalue weighted by Gasteiger charge is -2.10. The molecule has 2 aromatic heterocycles. The molecule has 2 heterocycles. The Hall–Kier alpha value is -2.60. The number of fused-ring (bicyclic) bond motifs is 1. The highest BCUT2D eigenvalue weighted by molar-refractivity contribution is 6.05. The van der Waals surface area contributed by atoms with Gasteiger partial charge >= 0.3 is 0 Å². The highest BCUT2D eigenvalue weighted by Gasteiger charge is 2.15. The van der Waals surface area contributed by atoms with E-state index in [1.807, 2.05) is 37.2 Å². The molecule has 0 aliphatic rings. The monoisotopic (exact) mass is 298 g/mol. The van der Waals surface area contributed by atoms with E-state index in [-0.39, 0.29) is 5.91 Å². The van der Waals surface area contributed by atoms with Crippen molar-refractivity contribution in [2.45, 2.75) is 0 Å². The first-order valence-corrected chi connectivity index (χ1v) is 7.10. The summed E-state index contributed by atoms with van der Waals surface area (Å²) in [5, 5.41) is 2.91. The molecule has 0 bridgehead atoms. The number of likely N-dealkylation sites (N-methyl/N-ethyl adjacent to an activating group) is 1. The fourth-order valence-electron chi connectivity index (χ4n) is 2.23. The van der Waals surface area contributed by atoms with Gasteiger partial charge in [0.1, 0.15) is 5.52 Å². The number of rotatable bonds is 5. The molecule has 6 nitrogen and oxygen atoms in total. The molecule has 0 fully saturated rings. The molecule has 0 spiro atoms. The van der Waals surface area contributed by atoms with E-state index < -0.39 is 0 Å². The Labute approximate surface area is 128 Å². The smallest absolute Gasteiger partial charge is 0.253 e. The average Bonchev–Trinajstić information content (AvgIpc) is 3.14. The molecular weight excluding hydrogens is 280 g/mol. The zero-order valence-electron chi connectivity index (χ0n) is 12.6. The van der Waals surface area contributed by atoms with Gasteiger partial charge in [-0.25, -0.2) is 4.98 Å². The summed E-state index contributed by atoms with van der Waals surface area (Å²) >= 11 is 0. The first-order valence-electron chi connectivity index (χ1n) is 7.10. The lowest BCUT2D eigenvalue weighted by atomic mass is 10.1. The van der Waals surface area contributed by atoms with Crippen LogP contribution in [-0.4, -0.2) is 48.0 Å². The normalized spacial score (nSPS) is 11.2. The van der Waals surface area contributed by atoms with Gasteiger partial charge in [0.05, 0.1) is 17.3 Å². The van der Waals surface area contributed by atoms with Crippen LogP contribution in [0.4, 0.5) is 0 Å². The molecule has 0 aliphatic heterocycles. The van der Waals surface area contributed by atoms with Crippen molar-refractivity contribution in [3.63, 3.8) is 0 Å². The number of nitrogens with one attached hydrogen (secondary N) is 2. The summed E-state index contributed by atoms with van der Waals surface area (Å²) in [7, 11) is 3.94. The predicted molar refractivity (Wildman–Crippen MR) is 84.7 cm³/mol. The van der Waals surface area contributed by atoms with Crippen molar-refractivity contribution in [3.05, 3.63) is 42.2 Å². The van der Waals surface area contributed by atoms with E-state index in [2.05, 4.69) is 15.3 Å². The number of amides is 1. The van der Waals surface area contributed by atoms with Gasteiger partial charge in [-0.15, -0.1) is 0 Å². The number of imidazole rings is 1. The Morgan fingerprint density at radius 1 is 1.32 bits per heavy atom. The van der Waals surface area contributed by atoms with Gasteiger partial charge in [-0.05, 0) is 38.4 Å². The van der Waals surface area contributed by atoms with Crippen molar-refractivity contribution >= 4 is 16.9 Å². The number of H-pyrrole nitrogens is 1. The maximum absolute atomic E-state index is 12.3. The van der Waals surface area contributed by atoms with Gasteiger partial charge < -0.3 is 19.6 Å². The number of benzene rings is 1. The van der Waals surface area contributed by atoms with Crippen LogP contribution in [0.1, 0.15) is 10.4 Å². The van der Waals surface area contributed by atoms with Crippen molar-refractivity contribution in [2.24, 2.45) is 0 Å². The number of aromatic nitrogens is 2. The molecule has 1 amide bonds. The van der Waals surface area contributed by atoms with Crippen LogP contribution in [0.25, 0.3) is 22.6 Å². The summed E-state index contributed by atoms with van der Waals surface area (Å²) in [5.74, 6) is 1.15. The predicted octanol–water partition coefficient (Wildman–Crippen LogP) is 2.11. The molecule has 1 aromatic carbocycles. The summed E-state index contributed by atoms with van der Waals surface area (Å²) in [6.45, 7) is 1.39. The van der Waals surface area contributed by atoms with Crippen LogP contribution in [0.5, 0.6) is 0 Å². The highest BCUT2D eigenvalue weighted by Crippen LogP contribution is 2.23. The summed E-state index contributed by atoms with van der Waals surface area (Å²) < 4.78 is 5.34. The van der Waals surface area contributed by atoms with Crippen molar-refractivity contribution in [1.82, 2.24) is 20.2 Å². The third kappa shape index (κ3) is 2.87. The van der Waals surface area contributed by atoms with Gasteiger partial charge in [0, 0.05) is 13.1 Å². The minimum atomic E-state index is -0.120. The number of nitrogens with zero attached hydrogens (tertiary/aromatic N) is 2.